The highest BCUT2D eigenvalue weighted by molar-refractivity contribution is 5.59. The highest BCUT2D eigenvalue weighted by atomic mass is 16.5. The number of nitrogens with zero attached hydrogens (tertiary/aromatic N) is 4. The third-order valence-corrected chi connectivity index (χ3v) is 5.67. The minimum absolute atomic E-state index is 0.402. The zero-order valence-corrected chi connectivity index (χ0v) is 14.9. The summed E-state index contributed by atoms with van der Waals surface area (Å²) >= 11 is 0. The molecule has 2 fully saturated rings. The standard InChI is InChI=1S/C19H27N5O/c1-2-23-11-13-24(14-12-23)16-7-5-15(6-8-16)17-21-18(22-25-17)19(20)9-3-4-10-19/h5-8H,2-4,9-14,20H2,1H3. The second-order valence-electron chi connectivity index (χ2n) is 7.25. The lowest BCUT2D eigenvalue weighted by Gasteiger charge is -2.35. The number of aromatic nitrogens is 2. The lowest BCUT2D eigenvalue weighted by atomic mass is 9.99. The predicted octanol–water partition coefficient (Wildman–Crippen LogP) is 2.61. The highest BCUT2D eigenvalue weighted by Crippen LogP contribution is 2.35. The van der Waals surface area contributed by atoms with Gasteiger partial charge < -0.3 is 20.1 Å². The molecule has 2 aliphatic rings. The Kier molecular flexibility index (Phi) is 4.48. The molecule has 1 saturated heterocycles. The molecule has 0 unspecified atom stereocenters. The third-order valence-electron chi connectivity index (χ3n) is 5.67. The fourth-order valence-electron chi connectivity index (χ4n) is 3.91. The summed E-state index contributed by atoms with van der Waals surface area (Å²) in [5.74, 6) is 1.22. The van der Waals surface area contributed by atoms with Crippen LogP contribution >= 0.6 is 0 Å². The normalized spacial score (nSPS) is 21.0. The van der Waals surface area contributed by atoms with Gasteiger partial charge in [-0.05, 0) is 43.7 Å². The van der Waals surface area contributed by atoms with Gasteiger partial charge >= 0.3 is 0 Å². The van der Waals surface area contributed by atoms with Crippen LogP contribution in [-0.4, -0.2) is 47.8 Å². The van der Waals surface area contributed by atoms with Crippen molar-refractivity contribution < 1.29 is 4.52 Å². The van der Waals surface area contributed by atoms with E-state index in [1.807, 2.05) is 0 Å². The molecule has 0 amide bonds. The summed E-state index contributed by atoms with van der Waals surface area (Å²) in [5.41, 5.74) is 8.23. The van der Waals surface area contributed by atoms with Gasteiger partial charge in [0.2, 0.25) is 0 Å². The first-order valence-corrected chi connectivity index (χ1v) is 9.39. The molecule has 2 heterocycles. The molecule has 0 bridgehead atoms. The summed E-state index contributed by atoms with van der Waals surface area (Å²) in [7, 11) is 0. The van der Waals surface area contributed by atoms with E-state index in [0.717, 1.165) is 64.0 Å². The SMILES string of the molecule is CCN1CCN(c2ccc(-c3nc(C4(N)CCCC4)no3)cc2)CC1. The summed E-state index contributed by atoms with van der Waals surface area (Å²) in [5, 5.41) is 4.15. The van der Waals surface area contributed by atoms with Crippen LogP contribution in [0.2, 0.25) is 0 Å². The van der Waals surface area contributed by atoms with Crippen molar-refractivity contribution in [1.82, 2.24) is 15.0 Å². The van der Waals surface area contributed by atoms with Gasteiger partial charge in [0.25, 0.3) is 5.89 Å². The van der Waals surface area contributed by atoms with Crippen LogP contribution in [0.1, 0.15) is 38.4 Å². The van der Waals surface area contributed by atoms with Gasteiger partial charge in [0.1, 0.15) is 0 Å². The van der Waals surface area contributed by atoms with E-state index >= 15 is 0 Å². The average molecular weight is 341 g/mol. The van der Waals surface area contributed by atoms with Crippen molar-refractivity contribution in [2.24, 2.45) is 5.73 Å². The molecule has 6 heteroatoms. The Morgan fingerprint density at radius 1 is 1.08 bits per heavy atom. The van der Waals surface area contributed by atoms with Crippen LogP contribution in [0.3, 0.4) is 0 Å². The Labute approximate surface area is 149 Å². The van der Waals surface area contributed by atoms with Crippen molar-refractivity contribution in [2.45, 2.75) is 38.1 Å². The maximum absolute atomic E-state index is 6.42. The monoisotopic (exact) mass is 341 g/mol. The van der Waals surface area contributed by atoms with E-state index in [-0.39, 0.29) is 0 Å². The minimum atomic E-state index is -0.402. The van der Waals surface area contributed by atoms with Gasteiger partial charge in [-0.2, -0.15) is 4.98 Å². The second-order valence-corrected chi connectivity index (χ2v) is 7.25. The van der Waals surface area contributed by atoms with Crippen molar-refractivity contribution in [3.8, 4) is 11.5 Å². The van der Waals surface area contributed by atoms with E-state index in [0.29, 0.717) is 11.7 Å². The first-order chi connectivity index (χ1) is 12.2. The van der Waals surface area contributed by atoms with E-state index in [1.165, 1.54) is 5.69 Å². The van der Waals surface area contributed by atoms with E-state index in [4.69, 9.17) is 10.3 Å². The van der Waals surface area contributed by atoms with Gasteiger partial charge in [-0.1, -0.05) is 24.9 Å². The Bertz CT molecular complexity index is 697. The summed E-state index contributed by atoms with van der Waals surface area (Å²) in [6.45, 7) is 7.77. The van der Waals surface area contributed by atoms with Gasteiger partial charge in [0, 0.05) is 37.4 Å². The van der Waals surface area contributed by atoms with Gasteiger partial charge in [-0.3, -0.25) is 0 Å². The largest absolute Gasteiger partial charge is 0.369 e. The molecular formula is C19H27N5O. The van der Waals surface area contributed by atoms with Crippen molar-refractivity contribution in [3.63, 3.8) is 0 Å². The Balaban J connectivity index is 1.46. The number of piperazine rings is 1. The summed E-state index contributed by atoms with van der Waals surface area (Å²) in [6, 6.07) is 8.43. The Hall–Kier alpha value is -1.92. The maximum atomic E-state index is 6.42. The van der Waals surface area contributed by atoms with Crippen LogP contribution in [0.15, 0.2) is 28.8 Å². The minimum Gasteiger partial charge on any atom is -0.369 e. The predicted molar refractivity (Wildman–Crippen MR) is 98.4 cm³/mol. The summed E-state index contributed by atoms with van der Waals surface area (Å²) in [4.78, 5) is 9.49. The molecule has 6 nitrogen and oxygen atoms in total. The van der Waals surface area contributed by atoms with Crippen LogP contribution in [0, 0.1) is 0 Å². The topological polar surface area (TPSA) is 71.4 Å². The van der Waals surface area contributed by atoms with Gasteiger partial charge in [-0.15, -0.1) is 0 Å². The number of hydrogen-bond donors (Lipinski definition) is 1. The third kappa shape index (κ3) is 3.28. The molecule has 2 aromatic rings. The number of benzene rings is 1. The molecule has 1 saturated carbocycles. The number of anilines is 1. The van der Waals surface area contributed by atoms with Gasteiger partial charge in [0.05, 0.1) is 5.54 Å². The average Bonchev–Trinajstić information content (AvgIpc) is 3.32. The molecule has 0 spiro atoms. The molecule has 1 aliphatic heterocycles. The highest BCUT2D eigenvalue weighted by Gasteiger charge is 2.36. The van der Waals surface area contributed by atoms with Crippen LogP contribution in [0.4, 0.5) is 5.69 Å². The van der Waals surface area contributed by atoms with Crippen LogP contribution in [0.25, 0.3) is 11.5 Å². The zero-order chi connectivity index (χ0) is 17.3. The molecule has 134 valence electrons. The van der Waals surface area contributed by atoms with Crippen molar-refractivity contribution in [2.75, 3.05) is 37.6 Å². The Morgan fingerprint density at radius 2 is 1.76 bits per heavy atom. The first kappa shape index (κ1) is 16.5. The Morgan fingerprint density at radius 3 is 2.40 bits per heavy atom. The van der Waals surface area contributed by atoms with Crippen LogP contribution in [0.5, 0.6) is 0 Å². The molecule has 1 aliphatic carbocycles. The van der Waals surface area contributed by atoms with Crippen LogP contribution in [-0.2, 0) is 5.54 Å². The molecule has 4 rings (SSSR count). The fraction of sp³-hybridized carbons (Fsp3) is 0.579. The second kappa shape index (κ2) is 6.77. The lowest BCUT2D eigenvalue weighted by molar-refractivity contribution is 0.271. The number of rotatable bonds is 4. The van der Waals surface area contributed by atoms with Crippen molar-refractivity contribution in [1.29, 1.82) is 0 Å². The van der Waals surface area contributed by atoms with E-state index in [1.54, 1.807) is 0 Å². The molecule has 1 aromatic heterocycles. The number of nitrogens with two attached hydrogens (primary N) is 1. The molecule has 0 atom stereocenters. The molecule has 25 heavy (non-hydrogen) atoms. The molecule has 1 aromatic carbocycles. The molecular weight excluding hydrogens is 314 g/mol. The quantitative estimate of drug-likeness (QED) is 0.922. The van der Waals surface area contributed by atoms with E-state index < -0.39 is 5.54 Å². The molecule has 2 N–H and O–H groups in total. The lowest BCUT2D eigenvalue weighted by Crippen LogP contribution is -2.46. The molecule has 0 radical (unpaired) electrons. The number of hydrogen-bond acceptors (Lipinski definition) is 6. The van der Waals surface area contributed by atoms with Gasteiger partial charge in [0.15, 0.2) is 5.82 Å². The summed E-state index contributed by atoms with van der Waals surface area (Å²) in [6.07, 6.45) is 4.16. The van der Waals surface area contributed by atoms with Crippen molar-refractivity contribution >= 4 is 5.69 Å². The summed E-state index contributed by atoms with van der Waals surface area (Å²) < 4.78 is 5.48. The van der Waals surface area contributed by atoms with E-state index in [2.05, 4.69) is 51.1 Å². The zero-order valence-electron chi connectivity index (χ0n) is 14.9. The fourth-order valence-corrected chi connectivity index (χ4v) is 3.91. The van der Waals surface area contributed by atoms with Crippen molar-refractivity contribution in [3.05, 3.63) is 30.1 Å². The van der Waals surface area contributed by atoms with Gasteiger partial charge in [-0.25, -0.2) is 0 Å². The smallest absolute Gasteiger partial charge is 0.257 e. The maximum Gasteiger partial charge on any atom is 0.257 e. The first-order valence-electron chi connectivity index (χ1n) is 9.39. The number of likely N-dealkylation sites (N-methyl/N-ethyl adjacent to an activating group) is 1. The van der Waals surface area contributed by atoms with E-state index in [9.17, 15) is 0 Å². The van der Waals surface area contributed by atoms with Crippen LogP contribution < -0.4 is 10.6 Å².